The van der Waals surface area contributed by atoms with Crippen molar-refractivity contribution in [2.45, 2.75) is 128 Å². The first-order chi connectivity index (χ1) is 20.6. The molecule has 1 aromatic rings. The van der Waals surface area contributed by atoms with Gasteiger partial charge in [-0.2, -0.15) is 0 Å². The molecule has 1 aliphatic carbocycles. The molecule has 44 heavy (non-hydrogen) atoms. The number of nitrogens with zero attached hydrogens (tertiary/aromatic N) is 1. The van der Waals surface area contributed by atoms with Gasteiger partial charge < -0.3 is 34.5 Å². The second kappa shape index (κ2) is 16.3. The van der Waals surface area contributed by atoms with Gasteiger partial charge in [-0.3, -0.25) is 19.0 Å². The Bertz CT molecular complexity index is 1110. The quantitative estimate of drug-likeness (QED) is 0.0983. The molecule has 2 fully saturated rings. The molecule has 12 heteroatoms. The molecule has 2 heterocycles. The molecule has 2 atom stereocenters. The summed E-state index contributed by atoms with van der Waals surface area (Å²) >= 11 is 1.35. The van der Waals surface area contributed by atoms with E-state index in [2.05, 4.69) is 5.32 Å². The van der Waals surface area contributed by atoms with Crippen LogP contribution in [0, 0.1) is 11.8 Å². The van der Waals surface area contributed by atoms with Crippen molar-refractivity contribution in [3.63, 3.8) is 0 Å². The molecule has 0 spiro atoms. The Kier molecular flexibility index (Phi) is 13.4. The van der Waals surface area contributed by atoms with Crippen molar-refractivity contribution in [2.24, 2.45) is 11.8 Å². The number of thioether (sulfide) groups is 1. The van der Waals surface area contributed by atoms with Gasteiger partial charge in [0.2, 0.25) is 11.8 Å². The van der Waals surface area contributed by atoms with Crippen LogP contribution in [0.25, 0.3) is 0 Å². The van der Waals surface area contributed by atoms with E-state index in [-0.39, 0.29) is 60.5 Å². The van der Waals surface area contributed by atoms with Gasteiger partial charge in [-0.25, -0.2) is 0 Å². The largest absolute Gasteiger partial charge is 0.494 e. The number of hydrogen-bond donors (Lipinski definition) is 3. The molecule has 2 unspecified atom stereocenters. The summed E-state index contributed by atoms with van der Waals surface area (Å²) in [6, 6.07) is 1.54. The van der Waals surface area contributed by atoms with E-state index < -0.39 is 17.9 Å². The van der Waals surface area contributed by atoms with Crippen LogP contribution >= 0.6 is 11.8 Å². The summed E-state index contributed by atoms with van der Waals surface area (Å²) in [7, 11) is 0. The van der Waals surface area contributed by atoms with Gasteiger partial charge in [0.15, 0.2) is 12.2 Å². The number of nitrogens with one attached hydrogen (secondary N) is 1. The van der Waals surface area contributed by atoms with Gasteiger partial charge in [0.1, 0.15) is 12.4 Å². The van der Waals surface area contributed by atoms with E-state index in [1.807, 2.05) is 34.6 Å². The lowest BCUT2D eigenvalue weighted by molar-refractivity contribution is -0.233. The normalized spacial score (nSPS) is 22.5. The number of rotatable bonds is 16. The van der Waals surface area contributed by atoms with Crippen molar-refractivity contribution in [3.05, 3.63) is 6.07 Å². The smallest absolute Gasteiger partial charge is 0.305 e. The maximum absolute atomic E-state index is 12.3. The molecule has 3 rings (SSSR count). The van der Waals surface area contributed by atoms with Gasteiger partial charge in [0, 0.05) is 50.1 Å². The summed E-state index contributed by atoms with van der Waals surface area (Å²) < 4.78 is 24.6. The molecule has 2 aliphatic rings. The highest BCUT2D eigenvalue weighted by Crippen LogP contribution is 2.38. The summed E-state index contributed by atoms with van der Waals surface area (Å²) in [6.07, 6.45) is 3.98. The third-order valence-electron chi connectivity index (χ3n) is 7.93. The van der Waals surface area contributed by atoms with E-state index in [4.69, 9.17) is 18.9 Å². The molecule has 11 nitrogen and oxygen atoms in total. The second-order valence-electron chi connectivity index (χ2n) is 13.6. The highest BCUT2D eigenvalue weighted by atomic mass is 32.2. The highest BCUT2D eigenvalue weighted by molar-refractivity contribution is 7.99. The molecular formula is C32H52N2O9S. The predicted molar refractivity (Wildman–Crippen MR) is 167 cm³/mol. The van der Waals surface area contributed by atoms with Gasteiger partial charge in [0.25, 0.3) is 0 Å². The number of Topliss-reactive ketones (excluding diaryl/α,β-unsaturated/α-hetero) is 1. The number of aromatic hydroxyl groups is 2. The topological polar surface area (TPSA) is 146 Å². The predicted octanol–water partition coefficient (Wildman–Crippen LogP) is 4.94. The zero-order valence-electron chi connectivity index (χ0n) is 27.2. The van der Waals surface area contributed by atoms with Crippen molar-refractivity contribution in [2.75, 3.05) is 25.5 Å². The Balaban J connectivity index is 1.31. The van der Waals surface area contributed by atoms with Crippen molar-refractivity contribution in [1.82, 2.24) is 9.88 Å². The minimum Gasteiger partial charge on any atom is -0.494 e. The first-order valence-corrected chi connectivity index (χ1v) is 16.7. The third-order valence-corrected chi connectivity index (χ3v) is 8.95. The summed E-state index contributed by atoms with van der Waals surface area (Å²) in [4.78, 5) is 36.8. The van der Waals surface area contributed by atoms with Crippen molar-refractivity contribution in [1.29, 1.82) is 0 Å². The van der Waals surface area contributed by atoms with Crippen molar-refractivity contribution >= 4 is 29.4 Å². The minimum atomic E-state index is -0.715. The highest BCUT2D eigenvalue weighted by Gasteiger charge is 2.35. The van der Waals surface area contributed by atoms with E-state index in [0.717, 1.165) is 32.1 Å². The van der Waals surface area contributed by atoms with Crippen LogP contribution in [0.3, 0.4) is 0 Å². The monoisotopic (exact) mass is 640 g/mol. The van der Waals surface area contributed by atoms with Gasteiger partial charge in [-0.05, 0) is 79.6 Å². The molecule has 1 aliphatic heterocycles. The molecule has 250 valence electrons. The Hall–Kier alpha value is -2.28. The van der Waals surface area contributed by atoms with E-state index in [9.17, 15) is 24.6 Å². The zero-order chi connectivity index (χ0) is 32.5. The first kappa shape index (κ1) is 36.2. The fourth-order valence-corrected chi connectivity index (χ4v) is 6.50. The molecule has 0 radical (unpaired) electrons. The van der Waals surface area contributed by atoms with Crippen LogP contribution in [0.5, 0.6) is 11.8 Å². The molecule has 1 amide bonds. The number of hydrogen-bond acceptors (Lipinski definition) is 10. The van der Waals surface area contributed by atoms with Gasteiger partial charge in [-0.1, -0.05) is 0 Å². The summed E-state index contributed by atoms with van der Waals surface area (Å²) in [5.74, 6) is 0.605. The second-order valence-corrected chi connectivity index (χ2v) is 14.7. The Morgan fingerprint density at radius 2 is 1.86 bits per heavy atom. The van der Waals surface area contributed by atoms with E-state index in [0.29, 0.717) is 42.7 Å². The maximum Gasteiger partial charge on any atom is 0.305 e. The van der Waals surface area contributed by atoms with Crippen LogP contribution in [0.4, 0.5) is 0 Å². The van der Waals surface area contributed by atoms with E-state index in [1.165, 1.54) is 16.3 Å². The SMILES string of the molecule is CC(=O)C1CCC(Cn2c(O)cc(SCCNC(=O)CCCC(=O)OCC(OC3COC(C)(C)C3)OC(C)(C)C)c2O)CC1. The number of ketones is 1. The number of carbonyl (C=O) groups is 3. The molecule has 1 saturated carbocycles. The molecule has 0 aromatic carbocycles. The van der Waals surface area contributed by atoms with E-state index >= 15 is 0 Å². The average molecular weight is 641 g/mol. The molecule has 3 N–H and O–H groups in total. The lowest BCUT2D eigenvalue weighted by Crippen LogP contribution is -2.36. The fourth-order valence-electron chi connectivity index (χ4n) is 5.65. The molecule has 1 aromatic heterocycles. The zero-order valence-corrected chi connectivity index (χ0v) is 28.0. The minimum absolute atomic E-state index is 0.00830. The third kappa shape index (κ3) is 12.3. The maximum atomic E-state index is 12.3. The fraction of sp³-hybridized carbons (Fsp3) is 0.781. The Labute approximate surface area is 265 Å². The van der Waals surface area contributed by atoms with Crippen molar-refractivity contribution in [3.8, 4) is 11.8 Å². The average Bonchev–Trinajstić information content (AvgIpc) is 3.41. The first-order valence-electron chi connectivity index (χ1n) is 15.8. The molecule has 1 saturated heterocycles. The summed E-state index contributed by atoms with van der Waals surface area (Å²) in [5, 5.41) is 23.9. The van der Waals surface area contributed by atoms with Crippen molar-refractivity contribution < 1.29 is 43.5 Å². The lowest BCUT2D eigenvalue weighted by Gasteiger charge is -2.29. The lowest BCUT2D eigenvalue weighted by atomic mass is 9.80. The van der Waals surface area contributed by atoms with Crippen LogP contribution in [0.15, 0.2) is 11.0 Å². The Morgan fingerprint density at radius 3 is 2.48 bits per heavy atom. The van der Waals surface area contributed by atoms with Crippen LogP contribution in [-0.4, -0.2) is 81.5 Å². The summed E-state index contributed by atoms with van der Waals surface area (Å²) in [6.45, 7) is 12.7. The van der Waals surface area contributed by atoms with Crippen LogP contribution < -0.4 is 5.32 Å². The van der Waals surface area contributed by atoms with Gasteiger partial charge in [0.05, 0.1) is 28.8 Å². The number of ether oxygens (including phenoxy) is 4. The van der Waals surface area contributed by atoms with Crippen LogP contribution in [0.2, 0.25) is 0 Å². The Morgan fingerprint density at radius 1 is 1.16 bits per heavy atom. The molecular weight excluding hydrogens is 588 g/mol. The summed E-state index contributed by atoms with van der Waals surface area (Å²) in [5.41, 5.74) is -0.746. The molecule has 0 bridgehead atoms. The van der Waals surface area contributed by atoms with E-state index in [1.54, 1.807) is 13.0 Å². The standard InChI is InChI=1S/C32H52N2O9S/c1-21(35)23-12-10-22(11-13-23)18-34-27(37)16-25(30(34)39)44-15-14-33-26(36)8-7-9-28(38)40-20-29(43-31(2,3)4)42-24-17-32(5,6)41-19-24/h16,22-24,29,37,39H,7-15,17-20H2,1-6H3,(H,33,36). The number of carbonyl (C=O) groups excluding carboxylic acids is 3. The number of aromatic nitrogens is 1. The number of amides is 1. The van der Waals surface area contributed by atoms with Gasteiger partial charge >= 0.3 is 5.97 Å². The van der Waals surface area contributed by atoms with Crippen LogP contribution in [-0.2, 0) is 39.9 Å². The number of esters is 1. The van der Waals surface area contributed by atoms with Gasteiger partial charge in [-0.15, -0.1) is 11.8 Å². The van der Waals surface area contributed by atoms with Crippen LogP contribution in [0.1, 0.15) is 92.9 Å².